The first kappa shape index (κ1) is 25.6. The van der Waals surface area contributed by atoms with Crippen LogP contribution in [-0.2, 0) is 28.9 Å². The average Bonchev–Trinajstić information content (AvgIpc) is 3.43. The first-order chi connectivity index (χ1) is 18.4. The number of esters is 1. The molecule has 9 nitrogen and oxygen atoms in total. The Labute approximate surface area is 224 Å². The van der Waals surface area contributed by atoms with Crippen molar-refractivity contribution in [3.63, 3.8) is 0 Å². The summed E-state index contributed by atoms with van der Waals surface area (Å²) in [7, 11) is 0. The van der Waals surface area contributed by atoms with Crippen LogP contribution in [0.4, 0.5) is 5.00 Å². The van der Waals surface area contributed by atoms with Gasteiger partial charge in [-0.25, -0.2) is 14.5 Å². The summed E-state index contributed by atoms with van der Waals surface area (Å²) in [5, 5.41) is 7.87. The maximum atomic E-state index is 13.4. The van der Waals surface area contributed by atoms with E-state index in [1.54, 1.807) is 11.6 Å². The van der Waals surface area contributed by atoms with Gasteiger partial charge in [-0.15, -0.1) is 11.3 Å². The summed E-state index contributed by atoms with van der Waals surface area (Å²) in [5.74, 6) is -0.627. The van der Waals surface area contributed by atoms with Crippen molar-refractivity contribution >= 4 is 28.2 Å². The molecular weight excluding hydrogens is 502 g/mol. The van der Waals surface area contributed by atoms with Crippen molar-refractivity contribution in [2.24, 2.45) is 0 Å². The van der Waals surface area contributed by atoms with Crippen molar-refractivity contribution in [3.8, 4) is 17.2 Å². The van der Waals surface area contributed by atoms with Crippen LogP contribution in [-0.4, -0.2) is 37.8 Å². The highest BCUT2D eigenvalue weighted by molar-refractivity contribution is 7.17. The van der Waals surface area contributed by atoms with Gasteiger partial charge in [-0.3, -0.25) is 14.2 Å². The van der Waals surface area contributed by atoms with Gasteiger partial charge in [-0.05, 0) is 58.1 Å². The fourth-order valence-electron chi connectivity index (χ4n) is 4.78. The molecule has 0 saturated heterocycles. The normalized spacial score (nSPS) is 12.7. The molecule has 10 heteroatoms. The molecule has 3 heterocycles. The number of thiophene rings is 1. The number of hydrogen-bond acceptors (Lipinski definition) is 7. The summed E-state index contributed by atoms with van der Waals surface area (Å²) in [5.41, 5.74) is 3.84. The highest BCUT2D eigenvalue weighted by atomic mass is 32.1. The van der Waals surface area contributed by atoms with Gasteiger partial charge in [-0.1, -0.05) is 30.3 Å². The lowest BCUT2D eigenvalue weighted by atomic mass is 9.95. The Morgan fingerprint density at radius 2 is 1.87 bits per heavy atom. The fraction of sp³-hybridized carbons (Fsp3) is 0.321. The van der Waals surface area contributed by atoms with Crippen LogP contribution in [0.15, 0.2) is 47.3 Å². The molecule has 0 radical (unpaired) electrons. The van der Waals surface area contributed by atoms with Crippen LogP contribution in [0.1, 0.15) is 52.0 Å². The van der Waals surface area contributed by atoms with Gasteiger partial charge in [0, 0.05) is 22.2 Å². The number of fused-ring (bicyclic) bond motifs is 1. The molecule has 0 atom stereocenters. The van der Waals surface area contributed by atoms with Gasteiger partial charge >= 0.3 is 5.97 Å². The lowest BCUT2D eigenvalue weighted by molar-refractivity contribution is -0.116. The average molecular weight is 532 g/mol. The summed E-state index contributed by atoms with van der Waals surface area (Å²) in [6.45, 7) is 5.44. The zero-order chi connectivity index (χ0) is 26.8. The van der Waals surface area contributed by atoms with Gasteiger partial charge in [-0.2, -0.15) is 5.10 Å². The summed E-state index contributed by atoms with van der Waals surface area (Å²) >= 11 is 1.41. The first-order valence-corrected chi connectivity index (χ1v) is 13.5. The molecule has 4 aromatic rings. The molecule has 1 aromatic carbocycles. The smallest absolute Gasteiger partial charge is 0.341 e. The van der Waals surface area contributed by atoms with E-state index in [0.717, 1.165) is 53.1 Å². The number of carbonyl (C=O) groups excluding carboxylic acids is 2. The molecule has 0 unspecified atom stereocenters. The topological polar surface area (TPSA) is 108 Å². The third-order valence-corrected chi connectivity index (χ3v) is 7.67. The Morgan fingerprint density at radius 1 is 1.11 bits per heavy atom. The van der Waals surface area contributed by atoms with E-state index < -0.39 is 11.9 Å². The van der Waals surface area contributed by atoms with Crippen LogP contribution in [0.3, 0.4) is 0 Å². The minimum Gasteiger partial charge on any atom is -0.462 e. The number of benzene rings is 1. The first-order valence-electron chi connectivity index (χ1n) is 12.7. The van der Waals surface area contributed by atoms with Crippen molar-refractivity contribution in [3.05, 3.63) is 80.2 Å². The van der Waals surface area contributed by atoms with E-state index in [1.807, 2.05) is 50.2 Å². The van der Waals surface area contributed by atoms with E-state index in [-0.39, 0.29) is 24.7 Å². The third kappa shape index (κ3) is 5.04. The van der Waals surface area contributed by atoms with Crippen molar-refractivity contribution < 1.29 is 14.3 Å². The molecule has 1 aliphatic carbocycles. The van der Waals surface area contributed by atoms with Crippen LogP contribution in [0, 0.1) is 13.8 Å². The highest BCUT2D eigenvalue weighted by Crippen LogP contribution is 2.38. The zero-order valence-corrected chi connectivity index (χ0v) is 22.4. The van der Waals surface area contributed by atoms with Gasteiger partial charge < -0.3 is 10.1 Å². The van der Waals surface area contributed by atoms with Gasteiger partial charge in [0.05, 0.1) is 23.6 Å². The van der Waals surface area contributed by atoms with E-state index in [2.05, 4.69) is 10.4 Å². The lowest BCUT2D eigenvalue weighted by Crippen LogP contribution is -2.32. The Balaban J connectivity index is 1.52. The maximum Gasteiger partial charge on any atom is 0.341 e. The second-order valence-corrected chi connectivity index (χ2v) is 10.4. The van der Waals surface area contributed by atoms with Crippen molar-refractivity contribution in [1.29, 1.82) is 0 Å². The Bertz CT molecular complexity index is 1570. The molecule has 1 amide bonds. The molecular formula is C28H29N5O4S. The number of aryl methyl sites for hydroxylation is 3. The van der Waals surface area contributed by atoms with E-state index in [9.17, 15) is 14.4 Å². The summed E-state index contributed by atoms with van der Waals surface area (Å²) in [6.07, 6.45) is 3.69. The zero-order valence-electron chi connectivity index (χ0n) is 21.6. The van der Waals surface area contributed by atoms with Crippen LogP contribution in [0.5, 0.6) is 0 Å². The Kier molecular flexibility index (Phi) is 7.24. The minimum atomic E-state index is -0.437. The molecule has 3 aromatic heterocycles. The molecule has 38 heavy (non-hydrogen) atoms. The van der Waals surface area contributed by atoms with Crippen LogP contribution in [0.25, 0.3) is 17.2 Å². The van der Waals surface area contributed by atoms with Gasteiger partial charge in [0.2, 0.25) is 11.9 Å². The number of ether oxygens (including phenoxy) is 1. The SMILES string of the molecule is CCOC(=O)c1c(NC(=O)Cn2c(-n3nc(C)cc3C)nc(-c3ccccc3)cc2=O)sc2c1CCCC2. The molecule has 0 aliphatic heterocycles. The Hall–Kier alpha value is -4.05. The second kappa shape index (κ2) is 10.7. The fourth-order valence-corrected chi connectivity index (χ4v) is 6.07. The third-order valence-electron chi connectivity index (χ3n) is 6.46. The molecule has 5 rings (SSSR count). The Morgan fingerprint density at radius 3 is 2.58 bits per heavy atom. The summed E-state index contributed by atoms with van der Waals surface area (Å²) < 4.78 is 8.18. The number of rotatable bonds is 7. The largest absolute Gasteiger partial charge is 0.462 e. The van der Waals surface area contributed by atoms with E-state index >= 15 is 0 Å². The molecule has 196 valence electrons. The number of amides is 1. The number of nitrogens with one attached hydrogen (secondary N) is 1. The van der Waals surface area contributed by atoms with Crippen molar-refractivity contribution in [2.75, 3.05) is 11.9 Å². The highest BCUT2D eigenvalue weighted by Gasteiger charge is 2.27. The summed E-state index contributed by atoms with van der Waals surface area (Å²) in [4.78, 5) is 45.3. The standard InChI is InChI=1S/C28H29N5O4S/c1-4-37-27(36)25-20-12-8-9-13-22(20)38-26(25)30-23(34)16-32-24(35)15-21(19-10-6-5-7-11-19)29-28(32)33-18(3)14-17(2)31-33/h5-7,10-11,14-15H,4,8-9,12-13,16H2,1-3H3,(H,30,34). The number of aromatic nitrogens is 4. The van der Waals surface area contributed by atoms with Gasteiger partial charge in [0.15, 0.2) is 0 Å². The van der Waals surface area contributed by atoms with Crippen molar-refractivity contribution in [2.45, 2.75) is 53.0 Å². The molecule has 0 spiro atoms. The summed E-state index contributed by atoms with van der Waals surface area (Å²) in [6, 6.07) is 12.7. The van der Waals surface area contributed by atoms with Crippen LogP contribution in [0.2, 0.25) is 0 Å². The monoisotopic (exact) mass is 531 g/mol. The van der Waals surface area contributed by atoms with E-state index in [0.29, 0.717) is 16.3 Å². The number of anilines is 1. The number of nitrogens with zero attached hydrogens (tertiary/aromatic N) is 4. The predicted molar refractivity (Wildman–Crippen MR) is 146 cm³/mol. The predicted octanol–water partition coefficient (Wildman–Crippen LogP) is 4.47. The van der Waals surface area contributed by atoms with E-state index in [1.165, 1.54) is 22.0 Å². The number of hydrogen-bond donors (Lipinski definition) is 1. The quantitative estimate of drug-likeness (QED) is 0.353. The van der Waals surface area contributed by atoms with Crippen molar-refractivity contribution in [1.82, 2.24) is 19.3 Å². The van der Waals surface area contributed by atoms with Crippen LogP contribution >= 0.6 is 11.3 Å². The molecule has 1 aliphatic rings. The van der Waals surface area contributed by atoms with E-state index in [4.69, 9.17) is 9.72 Å². The second-order valence-electron chi connectivity index (χ2n) is 9.25. The minimum absolute atomic E-state index is 0.244. The molecule has 1 N–H and O–H groups in total. The molecule has 0 saturated carbocycles. The lowest BCUT2D eigenvalue weighted by Gasteiger charge is -2.15. The molecule has 0 fully saturated rings. The van der Waals surface area contributed by atoms with Gasteiger partial charge in [0.1, 0.15) is 11.5 Å². The van der Waals surface area contributed by atoms with Crippen LogP contribution < -0.4 is 10.9 Å². The van der Waals surface area contributed by atoms with Gasteiger partial charge in [0.25, 0.3) is 5.56 Å². The maximum absolute atomic E-state index is 13.4. The molecule has 0 bridgehead atoms. The number of carbonyl (C=O) groups is 2.